The summed E-state index contributed by atoms with van der Waals surface area (Å²) < 4.78 is 26.9. The first kappa shape index (κ1) is 23.0. The topological polar surface area (TPSA) is 97.0 Å². The Labute approximate surface area is 214 Å². The van der Waals surface area contributed by atoms with E-state index < -0.39 is 11.6 Å². The number of amides is 1. The predicted molar refractivity (Wildman–Crippen MR) is 139 cm³/mol. The number of nitrogens with two attached hydrogens (primary N) is 1. The van der Waals surface area contributed by atoms with Crippen molar-refractivity contribution in [3.05, 3.63) is 100 Å². The van der Waals surface area contributed by atoms with Gasteiger partial charge in [-0.3, -0.25) is 4.79 Å². The van der Waals surface area contributed by atoms with Gasteiger partial charge >= 0.3 is 0 Å². The van der Waals surface area contributed by atoms with Crippen molar-refractivity contribution < 1.29 is 13.6 Å². The molecule has 184 valence electrons. The van der Waals surface area contributed by atoms with Crippen LogP contribution >= 0.6 is 11.3 Å². The van der Waals surface area contributed by atoms with Gasteiger partial charge in [0, 0.05) is 34.4 Å². The number of carbonyl (C=O) groups excluding carboxylic acids is 1. The number of hydrogen-bond donors (Lipinski definition) is 2. The van der Waals surface area contributed by atoms with Gasteiger partial charge in [0.05, 0.1) is 17.6 Å². The smallest absolute Gasteiger partial charge is 0.258 e. The summed E-state index contributed by atoms with van der Waals surface area (Å²) >= 11 is 1.63. The number of thiophene rings is 1. The summed E-state index contributed by atoms with van der Waals surface area (Å²) in [6, 6.07) is 15.5. The van der Waals surface area contributed by atoms with Crippen LogP contribution in [0.4, 0.5) is 20.4 Å². The molecule has 0 unspecified atom stereocenters. The maximum absolute atomic E-state index is 13.6. The Hall–Kier alpha value is -4.44. The van der Waals surface area contributed by atoms with Crippen molar-refractivity contribution >= 4 is 39.8 Å². The molecule has 0 spiro atoms. The number of pyridine rings is 1. The summed E-state index contributed by atoms with van der Waals surface area (Å²) in [6.45, 7) is 1.05. The van der Waals surface area contributed by atoms with Crippen molar-refractivity contribution in [2.24, 2.45) is 0 Å². The van der Waals surface area contributed by atoms with Crippen molar-refractivity contribution in [1.82, 2.24) is 19.9 Å². The van der Waals surface area contributed by atoms with Gasteiger partial charge in [-0.1, -0.05) is 12.1 Å². The average Bonchev–Trinajstić information content (AvgIpc) is 3.50. The molecule has 10 heteroatoms. The summed E-state index contributed by atoms with van der Waals surface area (Å²) in [5.41, 5.74) is 9.70. The van der Waals surface area contributed by atoms with E-state index in [0.29, 0.717) is 35.9 Å². The molecule has 0 fully saturated rings. The zero-order chi connectivity index (χ0) is 25.5. The number of nitrogen functional groups attached to an aromatic ring is 1. The van der Waals surface area contributed by atoms with E-state index in [1.807, 2.05) is 36.4 Å². The molecule has 1 aliphatic heterocycles. The Kier molecular flexibility index (Phi) is 5.72. The Morgan fingerprint density at radius 3 is 2.76 bits per heavy atom. The number of carbonyl (C=O) groups is 1. The van der Waals surface area contributed by atoms with Crippen molar-refractivity contribution in [3.8, 4) is 10.4 Å². The van der Waals surface area contributed by atoms with Crippen LogP contribution in [0.15, 0.2) is 67.1 Å². The molecule has 0 radical (unpaired) electrons. The summed E-state index contributed by atoms with van der Waals surface area (Å²) in [6.07, 6.45) is 3.12. The quantitative estimate of drug-likeness (QED) is 0.316. The lowest BCUT2D eigenvalue weighted by Crippen LogP contribution is -2.24. The monoisotopic (exact) mass is 514 g/mol. The van der Waals surface area contributed by atoms with Gasteiger partial charge in [0.25, 0.3) is 5.91 Å². The third-order valence-electron chi connectivity index (χ3n) is 6.30. The van der Waals surface area contributed by atoms with Gasteiger partial charge in [0.2, 0.25) is 0 Å². The van der Waals surface area contributed by atoms with Crippen molar-refractivity contribution in [3.63, 3.8) is 0 Å². The number of fused-ring (bicyclic) bond motifs is 2. The Morgan fingerprint density at radius 2 is 1.89 bits per heavy atom. The molecule has 0 aliphatic carbocycles. The lowest BCUT2D eigenvalue weighted by molar-refractivity contribution is 0.0767. The van der Waals surface area contributed by atoms with Gasteiger partial charge < -0.3 is 16.0 Å². The average molecular weight is 515 g/mol. The number of aromatic nitrogens is 3. The molecule has 5 aromatic rings. The van der Waals surface area contributed by atoms with Gasteiger partial charge in [-0.05, 0) is 59.2 Å². The first-order valence-corrected chi connectivity index (χ1v) is 12.3. The molecule has 3 N–H and O–H groups in total. The third kappa shape index (κ3) is 4.36. The van der Waals surface area contributed by atoms with Gasteiger partial charge in [0.15, 0.2) is 11.6 Å². The molecule has 37 heavy (non-hydrogen) atoms. The molecule has 0 saturated heterocycles. The van der Waals surface area contributed by atoms with Crippen LogP contribution in [0.25, 0.3) is 21.3 Å². The fraction of sp³-hybridized carbons (Fsp3) is 0.111. The van der Waals surface area contributed by atoms with E-state index in [-0.39, 0.29) is 12.5 Å². The van der Waals surface area contributed by atoms with E-state index in [4.69, 9.17) is 5.73 Å². The van der Waals surface area contributed by atoms with Crippen LogP contribution in [-0.4, -0.2) is 25.8 Å². The third-order valence-corrected chi connectivity index (χ3v) is 7.43. The fourth-order valence-electron chi connectivity index (χ4n) is 4.46. The van der Waals surface area contributed by atoms with E-state index in [1.54, 1.807) is 22.4 Å². The second kappa shape index (κ2) is 9.21. The lowest BCUT2D eigenvalue weighted by Gasteiger charge is -2.16. The van der Waals surface area contributed by atoms with E-state index in [9.17, 15) is 13.6 Å². The molecule has 0 atom stereocenters. The molecule has 7 nitrogen and oxygen atoms in total. The highest BCUT2D eigenvalue weighted by Crippen LogP contribution is 2.33. The van der Waals surface area contributed by atoms with E-state index >= 15 is 0 Å². The number of rotatable bonds is 6. The van der Waals surface area contributed by atoms with Gasteiger partial charge in [-0.2, -0.15) is 0 Å². The molecule has 0 bridgehead atoms. The van der Waals surface area contributed by atoms with Crippen LogP contribution in [0.1, 0.15) is 26.4 Å². The minimum atomic E-state index is -0.929. The molecular formula is C27H20F2N6OS. The van der Waals surface area contributed by atoms with Crippen LogP contribution in [0, 0.1) is 11.6 Å². The van der Waals surface area contributed by atoms with E-state index in [0.717, 1.165) is 43.9 Å². The number of benzene rings is 2. The minimum absolute atomic E-state index is 0.180. The summed E-state index contributed by atoms with van der Waals surface area (Å²) in [5, 5.41) is 4.11. The van der Waals surface area contributed by atoms with Crippen LogP contribution < -0.4 is 11.1 Å². The van der Waals surface area contributed by atoms with Crippen LogP contribution in [0.5, 0.6) is 0 Å². The fourth-order valence-corrected chi connectivity index (χ4v) is 5.40. The van der Waals surface area contributed by atoms with Crippen molar-refractivity contribution in [2.45, 2.75) is 19.6 Å². The largest absolute Gasteiger partial charge is 0.383 e. The molecule has 0 saturated carbocycles. The molecule has 4 heterocycles. The van der Waals surface area contributed by atoms with Crippen LogP contribution in [0.2, 0.25) is 0 Å². The Morgan fingerprint density at radius 1 is 1.00 bits per heavy atom. The van der Waals surface area contributed by atoms with E-state index in [1.165, 1.54) is 12.4 Å². The second-order valence-electron chi connectivity index (χ2n) is 8.71. The number of nitrogens with one attached hydrogen (secondary N) is 1. The first-order chi connectivity index (χ1) is 18.0. The number of nitrogens with zero attached hydrogens (tertiary/aromatic N) is 4. The summed E-state index contributed by atoms with van der Waals surface area (Å²) in [4.78, 5) is 29.6. The van der Waals surface area contributed by atoms with Gasteiger partial charge in [-0.15, -0.1) is 11.3 Å². The normalized spacial score (nSPS) is 12.8. The molecule has 3 aromatic heterocycles. The lowest BCUT2D eigenvalue weighted by atomic mass is 10.1. The standard InChI is InChI=1S/C27H20F2N6OS/c28-20-4-1-15(9-21(20)29)12-35-13-17-7-8-31-26(24(17)27(35)36)32-11-18-3-6-23(37-18)16-2-5-22-19(10-16)25(30)34-14-33-22/h1-10,14H,11-13H2,(H,31,32)(H2,30,33,34). The second-order valence-corrected chi connectivity index (χ2v) is 9.88. The molecular weight excluding hydrogens is 494 g/mol. The predicted octanol–water partition coefficient (Wildman–Crippen LogP) is 5.38. The number of anilines is 2. The zero-order valence-corrected chi connectivity index (χ0v) is 20.2. The highest BCUT2D eigenvalue weighted by Gasteiger charge is 2.31. The first-order valence-electron chi connectivity index (χ1n) is 11.5. The van der Waals surface area contributed by atoms with Crippen LogP contribution in [0.3, 0.4) is 0 Å². The maximum atomic E-state index is 13.6. The molecule has 2 aromatic carbocycles. The van der Waals surface area contributed by atoms with Crippen LogP contribution in [-0.2, 0) is 19.6 Å². The maximum Gasteiger partial charge on any atom is 0.258 e. The summed E-state index contributed by atoms with van der Waals surface area (Å²) in [7, 11) is 0. The zero-order valence-electron chi connectivity index (χ0n) is 19.4. The number of halogens is 2. The minimum Gasteiger partial charge on any atom is -0.383 e. The number of hydrogen-bond acceptors (Lipinski definition) is 7. The Balaban J connectivity index is 1.18. The van der Waals surface area contributed by atoms with Gasteiger partial charge in [0.1, 0.15) is 18.0 Å². The van der Waals surface area contributed by atoms with E-state index in [2.05, 4.69) is 20.3 Å². The molecule has 1 aliphatic rings. The van der Waals surface area contributed by atoms with Gasteiger partial charge in [-0.25, -0.2) is 23.7 Å². The SMILES string of the molecule is Nc1ncnc2ccc(-c3ccc(CNc4nccc5c4C(=O)N(Cc4ccc(F)c(F)c4)C5)s3)cc12. The van der Waals surface area contributed by atoms with Crippen molar-refractivity contribution in [1.29, 1.82) is 0 Å². The summed E-state index contributed by atoms with van der Waals surface area (Å²) in [5.74, 6) is -1.09. The molecule has 1 amide bonds. The highest BCUT2D eigenvalue weighted by atomic mass is 32.1. The highest BCUT2D eigenvalue weighted by molar-refractivity contribution is 7.15. The Bertz CT molecular complexity index is 1670. The van der Waals surface area contributed by atoms with Crippen molar-refractivity contribution in [2.75, 3.05) is 11.1 Å². The molecule has 6 rings (SSSR count).